The monoisotopic (exact) mass is 333 g/mol. The number of halogens is 1. The quantitative estimate of drug-likeness (QED) is 0.850. The molecule has 2 rings (SSSR count). The molecule has 0 bridgehead atoms. The molecule has 122 valence electrons. The van der Waals surface area contributed by atoms with Gasteiger partial charge in [-0.25, -0.2) is 9.97 Å². The van der Waals surface area contributed by atoms with Gasteiger partial charge >= 0.3 is 0 Å². The fourth-order valence-electron chi connectivity index (χ4n) is 1.90. The number of nitrogens with zero attached hydrogens (tertiary/aromatic N) is 3. The van der Waals surface area contributed by atoms with Crippen LogP contribution in [0.1, 0.15) is 16.1 Å². The summed E-state index contributed by atoms with van der Waals surface area (Å²) in [6.07, 6.45) is 1.36. The first-order valence-corrected chi connectivity index (χ1v) is 7.61. The van der Waals surface area contributed by atoms with Crippen LogP contribution in [-0.4, -0.2) is 48.0 Å². The molecule has 0 saturated carbocycles. The van der Waals surface area contributed by atoms with Gasteiger partial charge in [-0.15, -0.1) is 0 Å². The van der Waals surface area contributed by atoms with Crippen molar-refractivity contribution in [3.63, 3.8) is 0 Å². The summed E-state index contributed by atoms with van der Waals surface area (Å²) in [6, 6.07) is 7.17. The summed E-state index contributed by atoms with van der Waals surface area (Å²) in [5.74, 6) is 0.322. The van der Waals surface area contributed by atoms with Gasteiger partial charge in [0.05, 0.1) is 0 Å². The number of carbonyl (C=O) groups excluding carboxylic acids is 1. The zero-order chi connectivity index (χ0) is 16.8. The lowest BCUT2D eigenvalue weighted by molar-refractivity contribution is 0.0946. The first-order chi connectivity index (χ1) is 11.0. The summed E-state index contributed by atoms with van der Waals surface area (Å²) >= 11 is 6.01. The zero-order valence-electron chi connectivity index (χ0n) is 13.4. The normalized spacial score (nSPS) is 10.7. The number of carbonyl (C=O) groups is 1. The fourth-order valence-corrected chi connectivity index (χ4v) is 2.07. The fraction of sp³-hybridized carbons (Fsp3) is 0.312. The van der Waals surface area contributed by atoms with Crippen molar-refractivity contribution in [3.8, 4) is 0 Å². The zero-order valence-corrected chi connectivity index (χ0v) is 14.2. The van der Waals surface area contributed by atoms with Gasteiger partial charge in [-0.2, -0.15) is 0 Å². The van der Waals surface area contributed by atoms with Crippen LogP contribution in [0, 0.1) is 6.92 Å². The highest BCUT2D eigenvalue weighted by molar-refractivity contribution is 6.30. The first-order valence-electron chi connectivity index (χ1n) is 7.24. The van der Waals surface area contributed by atoms with Gasteiger partial charge in [0.15, 0.2) is 0 Å². The van der Waals surface area contributed by atoms with Crippen LogP contribution in [0.5, 0.6) is 0 Å². The summed E-state index contributed by atoms with van der Waals surface area (Å²) in [6.45, 7) is 3.30. The number of aromatic nitrogens is 2. The SMILES string of the molecule is Cc1ccc(Cl)cc1Nc1cc(C(=O)NCCN(C)C)ncn1. The molecule has 0 spiro atoms. The highest BCUT2D eigenvalue weighted by Crippen LogP contribution is 2.23. The second kappa shape index (κ2) is 7.89. The van der Waals surface area contributed by atoms with Crippen LogP contribution in [-0.2, 0) is 0 Å². The molecule has 7 heteroatoms. The Kier molecular flexibility index (Phi) is 5.90. The summed E-state index contributed by atoms with van der Waals surface area (Å²) in [7, 11) is 3.90. The minimum Gasteiger partial charge on any atom is -0.349 e. The number of aryl methyl sites for hydroxylation is 1. The van der Waals surface area contributed by atoms with E-state index >= 15 is 0 Å². The summed E-state index contributed by atoms with van der Waals surface area (Å²) < 4.78 is 0. The number of nitrogens with one attached hydrogen (secondary N) is 2. The number of likely N-dealkylation sites (N-methyl/N-ethyl adjacent to an activating group) is 1. The lowest BCUT2D eigenvalue weighted by Crippen LogP contribution is -2.31. The van der Waals surface area contributed by atoms with Gasteiger partial charge < -0.3 is 15.5 Å². The van der Waals surface area contributed by atoms with E-state index in [1.807, 2.05) is 44.1 Å². The molecule has 1 aromatic carbocycles. The largest absolute Gasteiger partial charge is 0.349 e. The highest BCUT2D eigenvalue weighted by atomic mass is 35.5. The first kappa shape index (κ1) is 17.2. The van der Waals surface area contributed by atoms with Crippen LogP contribution < -0.4 is 10.6 Å². The van der Waals surface area contributed by atoms with E-state index in [-0.39, 0.29) is 5.91 Å². The third kappa shape index (κ3) is 5.19. The van der Waals surface area contributed by atoms with Gasteiger partial charge in [0.1, 0.15) is 17.8 Å². The third-order valence-electron chi connectivity index (χ3n) is 3.21. The molecule has 0 atom stereocenters. The standard InChI is InChI=1S/C16H20ClN5O/c1-11-4-5-12(17)8-13(11)21-15-9-14(19-10-20-15)16(23)18-6-7-22(2)3/h4-5,8-10H,6-7H2,1-3H3,(H,18,23)(H,19,20,21). The van der Waals surface area contributed by atoms with E-state index in [1.54, 1.807) is 6.07 Å². The Labute approximate surface area is 140 Å². The Morgan fingerprint density at radius 3 is 2.78 bits per heavy atom. The van der Waals surface area contributed by atoms with E-state index < -0.39 is 0 Å². The molecule has 0 radical (unpaired) electrons. The minimum atomic E-state index is -0.222. The van der Waals surface area contributed by atoms with Gasteiger partial charge in [-0.3, -0.25) is 4.79 Å². The average molecular weight is 334 g/mol. The van der Waals surface area contributed by atoms with Crippen molar-refractivity contribution in [1.82, 2.24) is 20.2 Å². The van der Waals surface area contributed by atoms with Crippen LogP contribution in [0.2, 0.25) is 5.02 Å². The Morgan fingerprint density at radius 2 is 2.04 bits per heavy atom. The van der Waals surface area contributed by atoms with Crippen LogP contribution in [0.15, 0.2) is 30.6 Å². The maximum atomic E-state index is 12.1. The number of rotatable bonds is 6. The summed E-state index contributed by atoms with van der Waals surface area (Å²) in [5.41, 5.74) is 2.20. The van der Waals surface area contributed by atoms with E-state index in [1.165, 1.54) is 6.33 Å². The molecule has 0 fully saturated rings. The number of amides is 1. The smallest absolute Gasteiger partial charge is 0.270 e. The number of hydrogen-bond acceptors (Lipinski definition) is 5. The van der Waals surface area contributed by atoms with E-state index in [0.29, 0.717) is 23.1 Å². The third-order valence-corrected chi connectivity index (χ3v) is 3.44. The Bertz CT molecular complexity index is 690. The number of hydrogen-bond donors (Lipinski definition) is 2. The summed E-state index contributed by atoms with van der Waals surface area (Å²) in [5, 5.41) is 6.61. The van der Waals surface area contributed by atoms with Crippen LogP contribution in [0.25, 0.3) is 0 Å². The van der Waals surface area contributed by atoms with E-state index in [9.17, 15) is 4.79 Å². The molecule has 0 aliphatic heterocycles. The Hall–Kier alpha value is -2.18. The van der Waals surface area contributed by atoms with Crippen molar-refractivity contribution >= 4 is 29.0 Å². The minimum absolute atomic E-state index is 0.222. The molecule has 1 aromatic heterocycles. The van der Waals surface area contributed by atoms with E-state index in [4.69, 9.17) is 11.6 Å². The predicted octanol–water partition coefficient (Wildman–Crippen LogP) is 2.47. The lowest BCUT2D eigenvalue weighted by atomic mass is 10.2. The van der Waals surface area contributed by atoms with Gasteiger partial charge in [-0.1, -0.05) is 17.7 Å². The van der Waals surface area contributed by atoms with Crippen LogP contribution in [0.4, 0.5) is 11.5 Å². The van der Waals surface area contributed by atoms with E-state index in [2.05, 4.69) is 20.6 Å². The predicted molar refractivity (Wildman–Crippen MR) is 92.4 cm³/mol. The van der Waals surface area contributed by atoms with Crippen molar-refractivity contribution in [2.24, 2.45) is 0 Å². The number of benzene rings is 1. The van der Waals surface area contributed by atoms with Gasteiger partial charge in [0.25, 0.3) is 5.91 Å². The molecule has 2 N–H and O–H groups in total. The van der Waals surface area contributed by atoms with Crippen molar-refractivity contribution in [1.29, 1.82) is 0 Å². The number of anilines is 2. The molecule has 0 aliphatic carbocycles. The van der Waals surface area contributed by atoms with Crippen LogP contribution in [0.3, 0.4) is 0 Å². The molecule has 0 aliphatic rings. The molecule has 0 saturated heterocycles. The molecule has 2 aromatic rings. The Balaban J connectivity index is 2.07. The topological polar surface area (TPSA) is 70.2 Å². The van der Waals surface area contributed by atoms with Gasteiger partial charge in [0, 0.05) is 29.9 Å². The highest BCUT2D eigenvalue weighted by Gasteiger charge is 2.09. The van der Waals surface area contributed by atoms with Crippen molar-refractivity contribution in [3.05, 3.63) is 46.9 Å². The molecule has 1 amide bonds. The maximum absolute atomic E-state index is 12.1. The van der Waals surface area contributed by atoms with Gasteiger partial charge in [0.2, 0.25) is 0 Å². The Morgan fingerprint density at radius 1 is 1.26 bits per heavy atom. The lowest BCUT2D eigenvalue weighted by Gasteiger charge is -2.11. The maximum Gasteiger partial charge on any atom is 0.270 e. The van der Waals surface area contributed by atoms with Gasteiger partial charge in [-0.05, 0) is 38.7 Å². The molecule has 6 nitrogen and oxygen atoms in total. The van der Waals surface area contributed by atoms with Crippen molar-refractivity contribution < 1.29 is 4.79 Å². The average Bonchev–Trinajstić information content (AvgIpc) is 2.51. The van der Waals surface area contributed by atoms with Crippen molar-refractivity contribution in [2.45, 2.75) is 6.92 Å². The molecule has 0 unspecified atom stereocenters. The molecular weight excluding hydrogens is 314 g/mol. The van der Waals surface area contributed by atoms with Crippen LogP contribution >= 0.6 is 11.6 Å². The summed E-state index contributed by atoms with van der Waals surface area (Å²) in [4.78, 5) is 22.2. The molecular formula is C16H20ClN5O. The second-order valence-corrected chi connectivity index (χ2v) is 5.87. The molecule has 1 heterocycles. The second-order valence-electron chi connectivity index (χ2n) is 5.43. The van der Waals surface area contributed by atoms with E-state index in [0.717, 1.165) is 17.8 Å². The van der Waals surface area contributed by atoms with Crippen molar-refractivity contribution in [2.75, 3.05) is 32.5 Å². The molecule has 23 heavy (non-hydrogen) atoms.